The van der Waals surface area contributed by atoms with E-state index in [0.717, 1.165) is 19.6 Å². The van der Waals surface area contributed by atoms with Gasteiger partial charge in [-0.25, -0.2) is 4.79 Å². The van der Waals surface area contributed by atoms with E-state index in [9.17, 15) is 9.59 Å². The highest BCUT2D eigenvalue weighted by molar-refractivity contribution is 5.02. The van der Waals surface area contributed by atoms with Crippen LogP contribution >= 0.6 is 0 Å². The fourth-order valence-electron chi connectivity index (χ4n) is 2.02. The van der Waals surface area contributed by atoms with Crippen molar-refractivity contribution >= 4 is 0 Å². The Morgan fingerprint density at radius 1 is 1.44 bits per heavy atom. The van der Waals surface area contributed by atoms with Gasteiger partial charge >= 0.3 is 5.69 Å². The Bertz CT molecular complexity index is 436. The van der Waals surface area contributed by atoms with Crippen molar-refractivity contribution in [1.29, 1.82) is 0 Å². The van der Waals surface area contributed by atoms with Crippen molar-refractivity contribution in [3.63, 3.8) is 0 Å². The van der Waals surface area contributed by atoms with Crippen LogP contribution in [0, 0.1) is 0 Å². The normalized spacial score (nSPS) is 22.2. The van der Waals surface area contributed by atoms with Crippen LogP contribution in [0.3, 0.4) is 0 Å². The molecule has 1 saturated heterocycles. The van der Waals surface area contributed by atoms with E-state index in [-0.39, 0.29) is 11.6 Å². The number of likely N-dealkylation sites (N-methyl/N-ethyl adjacent to an activating group) is 1. The first-order chi connectivity index (χ1) is 7.63. The van der Waals surface area contributed by atoms with Crippen LogP contribution in [0.25, 0.3) is 0 Å². The van der Waals surface area contributed by atoms with Gasteiger partial charge in [-0.2, -0.15) is 0 Å². The lowest BCUT2D eigenvalue weighted by atomic mass is 10.1. The molecule has 0 spiro atoms. The average molecular weight is 224 g/mol. The molecular weight excluding hydrogens is 208 g/mol. The minimum Gasteiger partial charge on any atom is -0.311 e. The van der Waals surface area contributed by atoms with Crippen molar-refractivity contribution in [2.75, 3.05) is 26.7 Å². The molecule has 0 saturated carbocycles. The Balaban J connectivity index is 2.08. The molecule has 1 aliphatic heterocycles. The second-order valence-corrected chi connectivity index (χ2v) is 4.23. The maximum absolute atomic E-state index is 11.1. The average Bonchev–Trinajstić information content (AvgIpc) is 2.15. The molecular formula is C10H16N4O2. The van der Waals surface area contributed by atoms with Gasteiger partial charge in [-0.05, 0) is 7.05 Å². The van der Waals surface area contributed by atoms with E-state index >= 15 is 0 Å². The Morgan fingerprint density at radius 3 is 2.94 bits per heavy atom. The summed E-state index contributed by atoms with van der Waals surface area (Å²) in [7, 11) is 2.06. The molecule has 16 heavy (non-hydrogen) atoms. The van der Waals surface area contributed by atoms with Crippen LogP contribution in [0.5, 0.6) is 0 Å². The fraction of sp³-hybridized carbons (Fsp3) is 0.600. The van der Waals surface area contributed by atoms with E-state index in [1.165, 1.54) is 6.07 Å². The Morgan fingerprint density at radius 2 is 2.25 bits per heavy atom. The number of piperazine rings is 1. The highest BCUT2D eigenvalue weighted by atomic mass is 16.2. The largest absolute Gasteiger partial charge is 0.325 e. The zero-order valence-corrected chi connectivity index (χ0v) is 9.25. The van der Waals surface area contributed by atoms with Gasteiger partial charge in [0.1, 0.15) is 0 Å². The summed E-state index contributed by atoms with van der Waals surface area (Å²) < 4.78 is 0. The summed E-state index contributed by atoms with van der Waals surface area (Å²) in [6, 6.07) is 1.73. The lowest BCUT2D eigenvalue weighted by Gasteiger charge is -2.30. The predicted molar refractivity (Wildman–Crippen MR) is 60.7 cm³/mol. The van der Waals surface area contributed by atoms with Crippen molar-refractivity contribution in [1.82, 2.24) is 20.2 Å². The highest BCUT2D eigenvalue weighted by Gasteiger charge is 2.17. The number of rotatable bonds is 2. The lowest BCUT2D eigenvalue weighted by Crippen LogP contribution is -2.50. The monoisotopic (exact) mass is 224 g/mol. The van der Waals surface area contributed by atoms with Gasteiger partial charge in [0.05, 0.1) is 0 Å². The van der Waals surface area contributed by atoms with Crippen molar-refractivity contribution in [3.8, 4) is 0 Å². The van der Waals surface area contributed by atoms with Gasteiger partial charge < -0.3 is 15.2 Å². The summed E-state index contributed by atoms with van der Waals surface area (Å²) in [6.07, 6.45) is 0.670. The van der Waals surface area contributed by atoms with Crippen molar-refractivity contribution < 1.29 is 0 Å². The first kappa shape index (κ1) is 11.1. The molecule has 2 rings (SSSR count). The first-order valence-electron chi connectivity index (χ1n) is 5.38. The Kier molecular flexibility index (Phi) is 3.21. The summed E-state index contributed by atoms with van der Waals surface area (Å²) in [5.41, 5.74) is -0.101. The van der Waals surface area contributed by atoms with Gasteiger partial charge in [0.2, 0.25) is 0 Å². The zero-order chi connectivity index (χ0) is 11.5. The molecule has 1 atom stereocenters. The second-order valence-electron chi connectivity index (χ2n) is 4.23. The van der Waals surface area contributed by atoms with Crippen LogP contribution in [0.2, 0.25) is 0 Å². The lowest BCUT2D eigenvalue weighted by molar-refractivity contribution is 0.237. The molecule has 2 heterocycles. The molecule has 0 radical (unpaired) electrons. The maximum Gasteiger partial charge on any atom is 0.325 e. The maximum atomic E-state index is 11.1. The number of aromatic nitrogens is 2. The molecule has 1 unspecified atom stereocenters. The van der Waals surface area contributed by atoms with Crippen LogP contribution in [0.1, 0.15) is 5.69 Å². The quantitative estimate of drug-likeness (QED) is 0.571. The third kappa shape index (κ3) is 2.80. The van der Waals surface area contributed by atoms with Gasteiger partial charge in [0, 0.05) is 43.9 Å². The van der Waals surface area contributed by atoms with Crippen molar-refractivity contribution in [3.05, 3.63) is 32.6 Å². The van der Waals surface area contributed by atoms with E-state index < -0.39 is 5.69 Å². The third-order valence-corrected chi connectivity index (χ3v) is 2.74. The summed E-state index contributed by atoms with van der Waals surface area (Å²) in [4.78, 5) is 29.2. The number of hydrogen-bond donors (Lipinski definition) is 3. The minimum absolute atomic E-state index is 0.288. The second kappa shape index (κ2) is 4.63. The van der Waals surface area contributed by atoms with Crippen molar-refractivity contribution in [2.45, 2.75) is 12.5 Å². The molecule has 1 aromatic heterocycles. The first-order valence-corrected chi connectivity index (χ1v) is 5.38. The molecule has 3 N–H and O–H groups in total. The molecule has 0 amide bonds. The SMILES string of the molecule is CN1CCNC(Cc2cc(=O)[nH]c(=O)[nH]2)C1. The molecule has 1 aliphatic rings. The minimum atomic E-state index is -0.438. The van der Waals surface area contributed by atoms with Crippen LogP contribution in [-0.4, -0.2) is 47.6 Å². The van der Waals surface area contributed by atoms with Crippen LogP contribution in [0.4, 0.5) is 0 Å². The summed E-state index contributed by atoms with van der Waals surface area (Å²) in [5, 5.41) is 3.36. The number of H-pyrrole nitrogens is 2. The molecule has 88 valence electrons. The molecule has 1 aromatic rings. The van der Waals surface area contributed by atoms with Crippen LogP contribution in [0.15, 0.2) is 15.7 Å². The van der Waals surface area contributed by atoms with Crippen LogP contribution < -0.4 is 16.6 Å². The molecule has 0 aromatic carbocycles. The van der Waals surface area contributed by atoms with Gasteiger partial charge in [-0.3, -0.25) is 9.78 Å². The van der Waals surface area contributed by atoms with E-state index in [4.69, 9.17) is 0 Å². The topological polar surface area (TPSA) is 81.0 Å². The van der Waals surface area contributed by atoms with Gasteiger partial charge in [-0.15, -0.1) is 0 Å². The van der Waals surface area contributed by atoms with Gasteiger partial charge in [0.15, 0.2) is 0 Å². The van der Waals surface area contributed by atoms with Gasteiger partial charge in [0.25, 0.3) is 5.56 Å². The molecule has 6 nitrogen and oxygen atoms in total. The number of nitrogens with one attached hydrogen (secondary N) is 3. The van der Waals surface area contributed by atoms with E-state index in [0.29, 0.717) is 12.1 Å². The van der Waals surface area contributed by atoms with Crippen LogP contribution in [-0.2, 0) is 6.42 Å². The standard InChI is InChI=1S/C10H16N4O2/c1-14-3-2-11-8(6-14)4-7-5-9(15)13-10(16)12-7/h5,8,11H,2-4,6H2,1H3,(H2,12,13,15,16). The van der Waals surface area contributed by atoms with Crippen molar-refractivity contribution in [2.24, 2.45) is 0 Å². The summed E-state index contributed by atoms with van der Waals surface area (Å²) >= 11 is 0. The summed E-state index contributed by atoms with van der Waals surface area (Å²) in [5.74, 6) is 0. The third-order valence-electron chi connectivity index (χ3n) is 2.74. The molecule has 0 aliphatic carbocycles. The number of nitrogens with zero attached hydrogens (tertiary/aromatic N) is 1. The fourth-order valence-corrected chi connectivity index (χ4v) is 2.02. The predicted octanol–water partition coefficient (Wildman–Crippen LogP) is -1.49. The molecule has 1 fully saturated rings. The smallest absolute Gasteiger partial charge is 0.311 e. The zero-order valence-electron chi connectivity index (χ0n) is 9.25. The van der Waals surface area contributed by atoms with E-state index in [1.807, 2.05) is 0 Å². The van der Waals surface area contributed by atoms with E-state index in [1.54, 1.807) is 0 Å². The number of hydrogen-bond acceptors (Lipinski definition) is 4. The Labute approximate surface area is 92.7 Å². The van der Waals surface area contributed by atoms with E-state index in [2.05, 4.69) is 27.2 Å². The Hall–Kier alpha value is -1.40. The van der Waals surface area contributed by atoms with Gasteiger partial charge in [-0.1, -0.05) is 0 Å². The number of aromatic amines is 2. The highest BCUT2D eigenvalue weighted by Crippen LogP contribution is 2.01. The summed E-state index contributed by atoms with van der Waals surface area (Å²) in [6.45, 7) is 2.89. The molecule has 6 heteroatoms. The molecule has 0 bridgehead atoms.